The van der Waals surface area contributed by atoms with Crippen molar-refractivity contribution >= 4 is 72.1 Å². The topological polar surface area (TPSA) is 55.1 Å². The number of hydrogen-bond acceptors (Lipinski definition) is 5. The van der Waals surface area contributed by atoms with Crippen LogP contribution in [0.1, 0.15) is 23.2 Å². The minimum atomic E-state index is -0.0906. The summed E-state index contributed by atoms with van der Waals surface area (Å²) in [5.41, 5.74) is 13.2. The number of aromatic nitrogens is 3. The molecule has 0 saturated carbocycles. The van der Waals surface area contributed by atoms with E-state index in [0.29, 0.717) is 0 Å². The first kappa shape index (κ1) is 30.6. The predicted molar refractivity (Wildman–Crippen MR) is 231 cm³/mol. The fourth-order valence-corrected chi connectivity index (χ4v) is 11.2. The summed E-state index contributed by atoms with van der Waals surface area (Å²) in [6, 6.07) is 59.1. The van der Waals surface area contributed by atoms with Gasteiger partial charge in [0.25, 0.3) is 0 Å². The molecule has 0 saturated heterocycles. The Balaban J connectivity index is 1.12. The molecule has 10 aromatic rings. The lowest BCUT2D eigenvalue weighted by atomic mass is 9.92. The van der Waals surface area contributed by atoms with E-state index >= 15 is 0 Å². The van der Waals surface area contributed by atoms with Crippen LogP contribution in [0.15, 0.2) is 174 Å². The van der Waals surface area contributed by atoms with Crippen molar-refractivity contribution in [3.05, 3.63) is 175 Å². The second kappa shape index (κ2) is 11.4. The van der Waals surface area contributed by atoms with E-state index in [1.54, 1.807) is 0 Å². The van der Waals surface area contributed by atoms with Crippen LogP contribution in [0.4, 0.5) is 0 Å². The molecule has 6 heteroatoms. The highest BCUT2D eigenvalue weighted by atomic mass is 32.2. The van der Waals surface area contributed by atoms with Crippen LogP contribution < -0.4 is 5.32 Å². The zero-order valence-electron chi connectivity index (χ0n) is 30.0. The largest absolute Gasteiger partial charge is 0.348 e. The third-order valence-corrected chi connectivity index (χ3v) is 13.5. The van der Waals surface area contributed by atoms with Crippen LogP contribution in [0.2, 0.25) is 0 Å². The van der Waals surface area contributed by atoms with Crippen molar-refractivity contribution in [2.24, 2.45) is 4.99 Å². The lowest BCUT2D eigenvalue weighted by molar-refractivity contribution is 0.505. The van der Waals surface area contributed by atoms with Gasteiger partial charge in [-0.25, -0.2) is 15.0 Å². The molecule has 1 aliphatic carbocycles. The Hall–Kier alpha value is -6.76. The Morgan fingerprint density at radius 3 is 2.18 bits per heavy atom. The molecular formula is C50H31N5S. The number of hydrogen-bond donors (Lipinski definition) is 1. The first-order valence-electron chi connectivity index (χ1n) is 19.2. The van der Waals surface area contributed by atoms with Crippen LogP contribution >= 0.6 is 11.8 Å². The van der Waals surface area contributed by atoms with Crippen molar-refractivity contribution < 1.29 is 0 Å². The summed E-state index contributed by atoms with van der Waals surface area (Å²) in [4.78, 5) is 17.6. The van der Waals surface area contributed by atoms with Gasteiger partial charge in [0, 0.05) is 37.6 Å². The Morgan fingerprint density at radius 1 is 0.554 bits per heavy atom. The molecular weight excluding hydrogens is 703 g/mol. The third-order valence-electron chi connectivity index (χ3n) is 12.1. The van der Waals surface area contributed by atoms with Gasteiger partial charge in [0.05, 0.1) is 50.8 Å². The van der Waals surface area contributed by atoms with E-state index in [4.69, 9.17) is 15.0 Å². The molecule has 8 aromatic carbocycles. The summed E-state index contributed by atoms with van der Waals surface area (Å²) in [7, 11) is 0. The highest BCUT2D eigenvalue weighted by Gasteiger charge is 2.43. The van der Waals surface area contributed by atoms with E-state index in [2.05, 4.69) is 162 Å². The van der Waals surface area contributed by atoms with Crippen molar-refractivity contribution in [1.82, 2.24) is 19.9 Å². The van der Waals surface area contributed by atoms with Gasteiger partial charge in [0.2, 0.25) is 5.96 Å². The van der Waals surface area contributed by atoms with Crippen LogP contribution in [0.3, 0.4) is 0 Å². The molecule has 2 aliphatic heterocycles. The monoisotopic (exact) mass is 733 g/mol. The van der Waals surface area contributed by atoms with E-state index < -0.39 is 0 Å². The standard InChI is InChI=1S/C50H31N5S/c1-2-12-28(13-3-1)30-15-10-16-31(26-30)44-49-47(33-18-6-9-23-41(33)56-49)54-50(53-44)55-40-25-24-29-14-4-5-17-32(29)43(40)37-27-36-42-34(19-11-20-35(42)48(37)55)45-46(36)52-39-22-8-7-21-38(39)51-45/h1-27,44,47,49H,(H,53,54). The van der Waals surface area contributed by atoms with Gasteiger partial charge in [-0.05, 0) is 69.4 Å². The van der Waals surface area contributed by atoms with E-state index in [9.17, 15) is 0 Å². The van der Waals surface area contributed by atoms with Gasteiger partial charge in [-0.1, -0.05) is 127 Å². The van der Waals surface area contributed by atoms with Crippen LogP contribution in [0.5, 0.6) is 0 Å². The molecule has 3 unspecified atom stereocenters. The smallest absolute Gasteiger partial charge is 0.204 e. The average molecular weight is 734 g/mol. The maximum absolute atomic E-state index is 5.80. The first-order chi connectivity index (χ1) is 27.8. The molecule has 3 aliphatic rings. The number of fused-ring (bicyclic) bond motifs is 13. The molecule has 0 amide bonds. The van der Waals surface area contributed by atoms with Crippen LogP contribution in [0, 0.1) is 0 Å². The fraction of sp³-hybridized carbons (Fsp3) is 0.0600. The summed E-state index contributed by atoms with van der Waals surface area (Å²) >= 11 is 1.95. The van der Waals surface area contributed by atoms with Crippen molar-refractivity contribution in [2.75, 3.05) is 0 Å². The SMILES string of the molecule is c1ccc(-c2cccc(C3N=C(n4c5ccc6ccccc6c5c5cc6c7c(cccc7c54)-c4nc5ccccc5nc4-6)NC4c5ccccc5SC34)c2)cc1. The number of nitrogens with zero attached hydrogens (tertiary/aromatic N) is 4. The van der Waals surface area contributed by atoms with E-state index in [1.807, 2.05) is 23.9 Å². The Kier molecular flexibility index (Phi) is 6.21. The van der Waals surface area contributed by atoms with Crippen LogP contribution in [-0.2, 0) is 0 Å². The van der Waals surface area contributed by atoms with E-state index in [0.717, 1.165) is 50.5 Å². The molecule has 0 radical (unpaired) electrons. The molecule has 0 bridgehead atoms. The maximum atomic E-state index is 5.80. The molecule has 56 heavy (non-hydrogen) atoms. The first-order valence-corrected chi connectivity index (χ1v) is 20.1. The summed E-state index contributed by atoms with van der Waals surface area (Å²) in [6.07, 6.45) is 0. The van der Waals surface area contributed by atoms with Crippen molar-refractivity contribution in [3.63, 3.8) is 0 Å². The summed E-state index contributed by atoms with van der Waals surface area (Å²) in [5, 5.41) is 11.5. The van der Waals surface area contributed by atoms with Crippen molar-refractivity contribution in [2.45, 2.75) is 22.2 Å². The van der Waals surface area contributed by atoms with E-state index in [1.165, 1.54) is 59.5 Å². The van der Waals surface area contributed by atoms with Gasteiger partial charge < -0.3 is 5.32 Å². The highest BCUT2D eigenvalue weighted by molar-refractivity contribution is 8.00. The van der Waals surface area contributed by atoms with Gasteiger partial charge in [0.15, 0.2) is 0 Å². The molecule has 1 N–H and O–H groups in total. The molecule has 2 aromatic heterocycles. The number of aliphatic imine (C=N–C) groups is 1. The number of rotatable bonds is 2. The minimum Gasteiger partial charge on any atom is -0.348 e. The van der Waals surface area contributed by atoms with Gasteiger partial charge in [0.1, 0.15) is 0 Å². The third kappa shape index (κ3) is 4.19. The second-order valence-electron chi connectivity index (χ2n) is 15.1. The minimum absolute atomic E-state index is 0.0731. The summed E-state index contributed by atoms with van der Waals surface area (Å²) in [6.45, 7) is 0. The molecule has 5 nitrogen and oxygen atoms in total. The molecule has 0 fully saturated rings. The Bertz CT molecular complexity index is 3350. The average Bonchev–Trinajstić information content (AvgIpc) is 3.91. The highest BCUT2D eigenvalue weighted by Crippen LogP contribution is 2.54. The van der Waals surface area contributed by atoms with Gasteiger partial charge in [-0.15, -0.1) is 11.8 Å². The van der Waals surface area contributed by atoms with Crippen molar-refractivity contribution in [1.29, 1.82) is 0 Å². The van der Waals surface area contributed by atoms with Gasteiger partial charge >= 0.3 is 0 Å². The number of nitrogens with one attached hydrogen (secondary N) is 1. The lowest BCUT2D eigenvalue weighted by Crippen LogP contribution is -2.43. The zero-order valence-corrected chi connectivity index (χ0v) is 30.8. The maximum Gasteiger partial charge on any atom is 0.204 e. The fourth-order valence-electron chi connectivity index (χ4n) is 9.67. The quantitative estimate of drug-likeness (QED) is 0.192. The number of benzene rings is 8. The Morgan fingerprint density at radius 2 is 1.29 bits per heavy atom. The van der Waals surface area contributed by atoms with Crippen LogP contribution in [-0.4, -0.2) is 25.7 Å². The summed E-state index contributed by atoms with van der Waals surface area (Å²) in [5.74, 6) is 0.868. The van der Waals surface area contributed by atoms with E-state index in [-0.39, 0.29) is 17.3 Å². The Labute approximate surface area is 326 Å². The molecule has 13 rings (SSSR count). The van der Waals surface area contributed by atoms with Gasteiger partial charge in [-0.3, -0.25) is 4.57 Å². The number of para-hydroxylation sites is 2. The normalized spacial score (nSPS) is 18.0. The predicted octanol–water partition coefficient (Wildman–Crippen LogP) is 12.1. The van der Waals surface area contributed by atoms with Crippen molar-refractivity contribution in [3.8, 4) is 33.6 Å². The number of thioether (sulfide) groups is 1. The molecule has 0 spiro atoms. The zero-order chi connectivity index (χ0) is 36.5. The molecule has 262 valence electrons. The summed E-state index contributed by atoms with van der Waals surface area (Å²) < 4.78 is 2.43. The van der Waals surface area contributed by atoms with Crippen LogP contribution in [0.25, 0.3) is 88.0 Å². The molecule has 4 heterocycles. The second-order valence-corrected chi connectivity index (χ2v) is 16.3. The molecule has 3 atom stereocenters. The van der Waals surface area contributed by atoms with Gasteiger partial charge in [-0.2, -0.15) is 0 Å². The lowest BCUT2D eigenvalue weighted by Gasteiger charge is -2.34.